The van der Waals surface area contributed by atoms with Crippen LogP contribution in [0.1, 0.15) is 5.56 Å². The van der Waals surface area contributed by atoms with E-state index >= 15 is 0 Å². The highest BCUT2D eigenvalue weighted by Crippen LogP contribution is 2.56. The van der Waals surface area contributed by atoms with Gasteiger partial charge < -0.3 is 16.8 Å². The van der Waals surface area contributed by atoms with Crippen molar-refractivity contribution in [2.75, 3.05) is 11.1 Å². The number of rotatable bonds is 1. The molecule has 1 aliphatic heterocycles. The van der Waals surface area contributed by atoms with Gasteiger partial charge in [-0.05, 0) is 28.1 Å². The first-order valence-corrected chi connectivity index (χ1v) is 7.45. The van der Waals surface area contributed by atoms with Crippen molar-refractivity contribution in [3.8, 4) is 0 Å². The summed E-state index contributed by atoms with van der Waals surface area (Å²) in [7, 11) is 0. The van der Waals surface area contributed by atoms with Gasteiger partial charge in [0.2, 0.25) is 0 Å². The van der Waals surface area contributed by atoms with E-state index in [2.05, 4.69) is 20.9 Å². The van der Waals surface area contributed by atoms with Gasteiger partial charge in [0.25, 0.3) is 5.54 Å². The monoisotopic (exact) mass is 470 g/mol. The number of nitrogens with one attached hydrogen (secondary N) is 1. The van der Waals surface area contributed by atoms with Crippen LogP contribution in [0.25, 0.3) is 0 Å². The van der Waals surface area contributed by atoms with Crippen LogP contribution in [0.2, 0.25) is 0 Å². The van der Waals surface area contributed by atoms with Crippen LogP contribution in [-0.2, 0) is 5.54 Å². The maximum Gasteiger partial charge on any atom is 0.431 e. The largest absolute Gasteiger partial charge is 0.431 e. The van der Waals surface area contributed by atoms with E-state index in [1.807, 2.05) is 5.32 Å². The van der Waals surface area contributed by atoms with E-state index in [1.54, 1.807) is 0 Å². The Kier molecular flexibility index (Phi) is 4.87. The molecule has 150 valence electrons. The minimum absolute atomic E-state index is 0.232. The molecule has 27 heavy (non-hydrogen) atoms. The van der Waals surface area contributed by atoms with Crippen molar-refractivity contribution in [2.45, 2.75) is 24.1 Å². The first-order valence-electron chi connectivity index (χ1n) is 6.65. The van der Waals surface area contributed by atoms with Crippen LogP contribution >= 0.6 is 15.9 Å². The van der Waals surface area contributed by atoms with Gasteiger partial charge in [-0.15, -0.1) is 0 Å². The molecule has 14 heteroatoms. The van der Waals surface area contributed by atoms with Gasteiger partial charge in [0.05, 0.1) is 4.48 Å². The standard InChI is InChI=1S/C13H8BrF9N4/c14-7(8(25)11(15,16)17)9-26-6-3-4(24)1-2-5(6)10(27-9,12(18,19)20)13(21,22)23/h1-3H,24-25H2,(H,26,27). The van der Waals surface area contributed by atoms with Gasteiger partial charge in [-0.2, -0.15) is 39.5 Å². The van der Waals surface area contributed by atoms with E-state index in [0.29, 0.717) is 12.1 Å². The van der Waals surface area contributed by atoms with Gasteiger partial charge in [-0.1, -0.05) is 6.07 Å². The molecule has 0 saturated carbocycles. The molecule has 0 amide bonds. The van der Waals surface area contributed by atoms with Crippen molar-refractivity contribution >= 4 is 33.1 Å². The lowest BCUT2D eigenvalue weighted by atomic mass is 9.85. The van der Waals surface area contributed by atoms with Gasteiger partial charge >= 0.3 is 18.5 Å². The Hall–Kier alpha value is -2.12. The van der Waals surface area contributed by atoms with Crippen molar-refractivity contribution in [1.29, 1.82) is 0 Å². The van der Waals surface area contributed by atoms with Crippen LogP contribution in [-0.4, -0.2) is 24.4 Å². The SMILES string of the molecule is NC(=C(Br)C1=NC(C(F)(F)F)(C(F)(F)F)c2ccc(N)cc2N1)C(F)(F)F. The van der Waals surface area contributed by atoms with E-state index in [-0.39, 0.29) is 5.69 Å². The third kappa shape index (κ3) is 3.41. The fourth-order valence-electron chi connectivity index (χ4n) is 2.31. The molecule has 0 atom stereocenters. The maximum atomic E-state index is 13.6. The second-order valence-corrected chi connectivity index (χ2v) is 6.11. The first kappa shape index (κ1) is 21.2. The summed E-state index contributed by atoms with van der Waals surface area (Å²) in [5.41, 5.74) is 0.933. The summed E-state index contributed by atoms with van der Waals surface area (Å²) in [4.78, 5) is 2.59. The molecule has 0 aromatic heterocycles. The number of nitrogen functional groups attached to an aromatic ring is 1. The van der Waals surface area contributed by atoms with Crippen LogP contribution in [0.3, 0.4) is 0 Å². The third-order valence-electron chi connectivity index (χ3n) is 3.54. The van der Waals surface area contributed by atoms with Crippen LogP contribution in [0.4, 0.5) is 50.9 Å². The number of nitrogens with two attached hydrogens (primary N) is 2. The van der Waals surface area contributed by atoms with E-state index in [4.69, 9.17) is 11.5 Å². The van der Waals surface area contributed by atoms with Crippen molar-refractivity contribution in [2.24, 2.45) is 10.7 Å². The van der Waals surface area contributed by atoms with Crippen LogP contribution < -0.4 is 16.8 Å². The van der Waals surface area contributed by atoms with E-state index in [1.165, 1.54) is 0 Å². The number of allylic oxidation sites excluding steroid dienone is 1. The van der Waals surface area contributed by atoms with Gasteiger partial charge in [0.15, 0.2) is 0 Å². The van der Waals surface area contributed by atoms with Crippen molar-refractivity contribution in [1.82, 2.24) is 0 Å². The molecule has 0 fully saturated rings. The number of alkyl halides is 9. The van der Waals surface area contributed by atoms with Crippen LogP contribution in [0.15, 0.2) is 33.4 Å². The summed E-state index contributed by atoms with van der Waals surface area (Å²) in [5.74, 6) is -1.41. The Morgan fingerprint density at radius 2 is 1.52 bits per heavy atom. The normalized spacial score (nSPS) is 18.2. The number of halogens is 10. The topological polar surface area (TPSA) is 76.4 Å². The summed E-state index contributed by atoms with van der Waals surface area (Å²) in [6, 6.07) is 1.94. The van der Waals surface area contributed by atoms with Crippen molar-refractivity contribution in [3.05, 3.63) is 33.9 Å². The maximum absolute atomic E-state index is 13.6. The van der Waals surface area contributed by atoms with Gasteiger partial charge in [-0.3, -0.25) is 0 Å². The van der Waals surface area contributed by atoms with Crippen LogP contribution in [0, 0.1) is 0 Å². The molecule has 5 N–H and O–H groups in total. The molecule has 0 aliphatic carbocycles. The molecule has 2 rings (SSSR count). The summed E-state index contributed by atoms with van der Waals surface area (Å²) in [6.45, 7) is 0. The van der Waals surface area contributed by atoms with E-state index < -0.39 is 51.3 Å². The lowest BCUT2D eigenvalue weighted by Gasteiger charge is -2.39. The number of anilines is 2. The Morgan fingerprint density at radius 3 is 1.96 bits per heavy atom. The quantitative estimate of drug-likeness (QED) is 0.416. The summed E-state index contributed by atoms with van der Waals surface area (Å²) in [6.07, 6.45) is -17.3. The zero-order valence-electron chi connectivity index (χ0n) is 12.6. The molecule has 0 saturated heterocycles. The van der Waals surface area contributed by atoms with Gasteiger partial charge in [0.1, 0.15) is 11.5 Å². The Bertz CT molecular complexity index is 807. The molecule has 1 aromatic rings. The molecule has 1 aliphatic rings. The zero-order chi connectivity index (χ0) is 21.0. The predicted octanol–water partition coefficient (Wildman–Crippen LogP) is 4.54. The predicted molar refractivity (Wildman–Crippen MR) is 81.9 cm³/mol. The molecule has 1 aromatic carbocycles. The number of hydrogen-bond donors (Lipinski definition) is 3. The average Bonchev–Trinajstić information content (AvgIpc) is 2.48. The Morgan fingerprint density at radius 1 is 1.00 bits per heavy atom. The highest BCUT2D eigenvalue weighted by Gasteiger charge is 2.74. The highest BCUT2D eigenvalue weighted by atomic mass is 79.9. The number of fused-ring (bicyclic) bond motifs is 1. The number of nitrogens with zero attached hydrogens (tertiary/aromatic N) is 1. The van der Waals surface area contributed by atoms with Crippen molar-refractivity contribution < 1.29 is 39.5 Å². The summed E-state index contributed by atoms with van der Waals surface area (Å²) >= 11 is 2.27. The lowest BCUT2D eigenvalue weighted by Crippen LogP contribution is -2.55. The first-order chi connectivity index (χ1) is 12.0. The molecule has 4 nitrogen and oxygen atoms in total. The lowest BCUT2D eigenvalue weighted by molar-refractivity contribution is -0.300. The second-order valence-electron chi connectivity index (χ2n) is 5.32. The average molecular weight is 471 g/mol. The minimum atomic E-state index is -6.04. The number of hydrogen-bond acceptors (Lipinski definition) is 4. The Labute approximate surface area is 153 Å². The Balaban J connectivity index is 2.91. The van der Waals surface area contributed by atoms with Gasteiger partial charge in [-0.25, -0.2) is 4.99 Å². The summed E-state index contributed by atoms with van der Waals surface area (Å²) in [5, 5.41) is 1.97. The second kappa shape index (κ2) is 6.21. The zero-order valence-corrected chi connectivity index (χ0v) is 14.2. The molecule has 0 unspecified atom stereocenters. The highest BCUT2D eigenvalue weighted by molar-refractivity contribution is 9.12. The van der Waals surface area contributed by atoms with Crippen LogP contribution in [0.5, 0.6) is 0 Å². The molecule has 0 bridgehead atoms. The molecule has 0 spiro atoms. The third-order valence-corrected chi connectivity index (χ3v) is 4.34. The number of amidine groups is 1. The van der Waals surface area contributed by atoms with E-state index in [9.17, 15) is 39.5 Å². The molecular formula is C13H8BrF9N4. The van der Waals surface area contributed by atoms with Gasteiger partial charge in [0, 0.05) is 16.9 Å². The fourth-order valence-corrected chi connectivity index (χ4v) is 2.73. The fraction of sp³-hybridized carbons (Fsp3) is 0.308. The molecule has 1 heterocycles. The number of aliphatic imine (C=N–C) groups is 1. The molecule has 0 radical (unpaired) electrons. The van der Waals surface area contributed by atoms with Crippen molar-refractivity contribution in [3.63, 3.8) is 0 Å². The van der Waals surface area contributed by atoms with E-state index in [0.717, 1.165) is 6.07 Å². The smallest absolute Gasteiger partial charge is 0.399 e. The number of benzene rings is 1. The minimum Gasteiger partial charge on any atom is -0.399 e. The summed E-state index contributed by atoms with van der Waals surface area (Å²) < 4.78 is 118. The molecular weight excluding hydrogens is 463 g/mol.